The van der Waals surface area contributed by atoms with E-state index in [-0.39, 0.29) is 11.9 Å². The Hall–Kier alpha value is -1.29. The first-order valence-electron chi connectivity index (χ1n) is 6.36. The van der Waals surface area contributed by atoms with Gasteiger partial charge in [0.15, 0.2) is 0 Å². The molecule has 1 aromatic rings. The predicted octanol–water partition coefficient (Wildman–Crippen LogP) is 1.57. The molecule has 1 atom stereocenters. The lowest BCUT2D eigenvalue weighted by Gasteiger charge is -2.12. The highest BCUT2D eigenvalue weighted by Gasteiger charge is 2.17. The fraction of sp³-hybridized carbons (Fsp3) is 0.615. The van der Waals surface area contributed by atoms with Gasteiger partial charge in [-0.25, -0.2) is 0 Å². The first-order valence-corrected chi connectivity index (χ1v) is 6.36. The number of hydrogen-bond acceptors (Lipinski definition) is 2. The second kappa shape index (κ2) is 5.36. The molecule has 0 bridgehead atoms. The lowest BCUT2D eigenvalue weighted by Crippen LogP contribution is -2.34. The molecule has 94 valence electrons. The molecule has 0 aliphatic heterocycles. The minimum absolute atomic E-state index is 0.0224. The summed E-state index contributed by atoms with van der Waals surface area (Å²) < 4.78 is 1.89. The van der Waals surface area contributed by atoms with E-state index in [0.29, 0.717) is 12.6 Å². The average molecular weight is 235 g/mol. The van der Waals surface area contributed by atoms with E-state index in [1.165, 1.54) is 12.8 Å². The van der Waals surface area contributed by atoms with Crippen LogP contribution in [0.3, 0.4) is 0 Å². The fourth-order valence-corrected chi connectivity index (χ4v) is 2.34. The number of carbonyl (C=O) groups is 1. The molecule has 0 aromatic carbocycles. The van der Waals surface area contributed by atoms with Gasteiger partial charge in [0, 0.05) is 24.5 Å². The minimum Gasteiger partial charge on any atom is -0.352 e. The Morgan fingerprint density at radius 3 is 2.88 bits per heavy atom. The van der Waals surface area contributed by atoms with Crippen LogP contribution in [0.15, 0.2) is 18.5 Å². The zero-order valence-corrected chi connectivity index (χ0v) is 10.4. The number of nitrogens with zero attached hydrogens (tertiary/aromatic N) is 1. The number of carbonyl (C=O) groups excluding carboxylic acids is 1. The second-order valence-electron chi connectivity index (χ2n) is 4.95. The summed E-state index contributed by atoms with van der Waals surface area (Å²) in [6.07, 6.45) is 8.59. The Labute approximate surface area is 102 Å². The molecule has 3 N–H and O–H groups in total. The molecule has 1 fully saturated rings. The summed E-state index contributed by atoms with van der Waals surface area (Å²) >= 11 is 0. The second-order valence-corrected chi connectivity index (χ2v) is 4.95. The van der Waals surface area contributed by atoms with Gasteiger partial charge in [0.05, 0.1) is 0 Å². The Balaban J connectivity index is 1.84. The molecule has 2 rings (SSSR count). The molecule has 1 aliphatic rings. The van der Waals surface area contributed by atoms with Gasteiger partial charge in [-0.2, -0.15) is 0 Å². The maximum absolute atomic E-state index is 11.8. The number of rotatable bonds is 4. The molecule has 4 nitrogen and oxygen atoms in total. The van der Waals surface area contributed by atoms with Crippen LogP contribution in [0.2, 0.25) is 0 Å². The first kappa shape index (κ1) is 12.2. The quantitative estimate of drug-likeness (QED) is 0.832. The Morgan fingerprint density at radius 1 is 1.59 bits per heavy atom. The van der Waals surface area contributed by atoms with Crippen molar-refractivity contribution in [1.82, 2.24) is 9.88 Å². The molecule has 0 spiro atoms. The van der Waals surface area contributed by atoms with E-state index < -0.39 is 0 Å². The first-order chi connectivity index (χ1) is 8.15. The molecule has 1 heterocycles. The largest absolute Gasteiger partial charge is 0.352 e. The average Bonchev–Trinajstić information content (AvgIpc) is 2.88. The van der Waals surface area contributed by atoms with Crippen LogP contribution < -0.4 is 11.1 Å². The predicted molar refractivity (Wildman–Crippen MR) is 67.4 cm³/mol. The Kier molecular flexibility index (Phi) is 3.84. The van der Waals surface area contributed by atoms with Crippen molar-refractivity contribution in [2.75, 3.05) is 0 Å². The SMILES string of the molecule is CC(N)c1ccn(CC(=O)NC2CCCC2)c1. The Morgan fingerprint density at radius 2 is 2.29 bits per heavy atom. The van der Waals surface area contributed by atoms with Crippen LogP contribution in [0.25, 0.3) is 0 Å². The summed E-state index contributed by atoms with van der Waals surface area (Å²) in [6.45, 7) is 2.33. The number of aromatic nitrogens is 1. The molecule has 17 heavy (non-hydrogen) atoms. The zero-order valence-electron chi connectivity index (χ0n) is 10.4. The number of nitrogens with one attached hydrogen (secondary N) is 1. The molecule has 1 aromatic heterocycles. The van der Waals surface area contributed by atoms with Crippen LogP contribution in [-0.2, 0) is 11.3 Å². The van der Waals surface area contributed by atoms with Crippen molar-refractivity contribution in [3.63, 3.8) is 0 Å². The summed E-state index contributed by atoms with van der Waals surface area (Å²) in [7, 11) is 0. The van der Waals surface area contributed by atoms with Crippen molar-refractivity contribution in [3.8, 4) is 0 Å². The lowest BCUT2D eigenvalue weighted by atomic mass is 10.2. The summed E-state index contributed by atoms with van der Waals surface area (Å²) in [5, 5.41) is 3.07. The van der Waals surface area contributed by atoms with Crippen LogP contribution in [0.4, 0.5) is 0 Å². The van der Waals surface area contributed by atoms with Crippen LogP contribution >= 0.6 is 0 Å². The summed E-state index contributed by atoms with van der Waals surface area (Å²) in [4.78, 5) is 11.8. The number of amides is 1. The molecular formula is C13H21N3O. The van der Waals surface area contributed by atoms with Crippen LogP contribution in [0, 0.1) is 0 Å². The molecule has 1 aliphatic carbocycles. The van der Waals surface area contributed by atoms with E-state index in [2.05, 4.69) is 5.32 Å². The van der Waals surface area contributed by atoms with E-state index in [0.717, 1.165) is 18.4 Å². The minimum atomic E-state index is 0.0224. The van der Waals surface area contributed by atoms with Gasteiger partial charge in [-0.05, 0) is 31.4 Å². The topological polar surface area (TPSA) is 60.0 Å². The van der Waals surface area contributed by atoms with Crippen LogP contribution in [0.5, 0.6) is 0 Å². The summed E-state index contributed by atoms with van der Waals surface area (Å²) in [5.74, 6) is 0.101. The maximum atomic E-state index is 11.8. The Bertz CT molecular complexity index is 378. The normalized spacial score (nSPS) is 18.2. The molecule has 4 heteroatoms. The number of nitrogens with two attached hydrogens (primary N) is 1. The van der Waals surface area contributed by atoms with Crippen molar-refractivity contribution in [1.29, 1.82) is 0 Å². The third-order valence-corrected chi connectivity index (χ3v) is 3.35. The van der Waals surface area contributed by atoms with Crippen molar-refractivity contribution < 1.29 is 4.79 Å². The van der Waals surface area contributed by atoms with Gasteiger partial charge >= 0.3 is 0 Å². The van der Waals surface area contributed by atoms with Crippen molar-refractivity contribution in [3.05, 3.63) is 24.0 Å². The maximum Gasteiger partial charge on any atom is 0.240 e. The third kappa shape index (κ3) is 3.33. The standard InChI is InChI=1S/C13H21N3O/c1-10(14)11-6-7-16(8-11)9-13(17)15-12-4-2-3-5-12/h6-8,10,12H,2-5,9,14H2,1H3,(H,15,17). The highest BCUT2D eigenvalue weighted by atomic mass is 16.2. The van der Waals surface area contributed by atoms with Gasteiger partial charge in [-0.3, -0.25) is 4.79 Å². The molecule has 1 unspecified atom stereocenters. The van der Waals surface area contributed by atoms with Gasteiger partial charge in [-0.15, -0.1) is 0 Å². The summed E-state index contributed by atoms with van der Waals surface area (Å²) in [5.41, 5.74) is 6.84. The highest BCUT2D eigenvalue weighted by Crippen LogP contribution is 2.17. The van der Waals surface area contributed by atoms with Crippen molar-refractivity contribution >= 4 is 5.91 Å². The molecular weight excluding hydrogens is 214 g/mol. The zero-order chi connectivity index (χ0) is 12.3. The fourth-order valence-electron chi connectivity index (χ4n) is 2.34. The molecule has 1 amide bonds. The van der Waals surface area contributed by atoms with E-state index in [4.69, 9.17) is 5.73 Å². The van der Waals surface area contributed by atoms with Gasteiger partial charge in [0.1, 0.15) is 6.54 Å². The van der Waals surface area contributed by atoms with Crippen LogP contribution in [-0.4, -0.2) is 16.5 Å². The smallest absolute Gasteiger partial charge is 0.240 e. The van der Waals surface area contributed by atoms with Crippen molar-refractivity contribution in [2.24, 2.45) is 5.73 Å². The molecule has 0 radical (unpaired) electrons. The van der Waals surface area contributed by atoms with E-state index >= 15 is 0 Å². The lowest BCUT2D eigenvalue weighted by molar-refractivity contribution is -0.122. The summed E-state index contributed by atoms with van der Waals surface area (Å²) in [6, 6.07) is 2.38. The van der Waals surface area contributed by atoms with Crippen molar-refractivity contribution in [2.45, 2.75) is 51.2 Å². The van der Waals surface area contributed by atoms with E-state index in [1.807, 2.05) is 30.0 Å². The number of hydrogen-bond donors (Lipinski definition) is 2. The third-order valence-electron chi connectivity index (χ3n) is 3.35. The molecule has 0 saturated heterocycles. The molecule has 1 saturated carbocycles. The van der Waals surface area contributed by atoms with Gasteiger partial charge in [0.2, 0.25) is 5.91 Å². The monoisotopic (exact) mass is 235 g/mol. The van der Waals surface area contributed by atoms with E-state index in [9.17, 15) is 4.79 Å². The van der Waals surface area contributed by atoms with Gasteiger partial charge < -0.3 is 15.6 Å². The van der Waals surface area contributed by atoms with E-state index in [1.54, 1.807) is 0 Å². The van der Waals surface area contributed by atoms with Crippen LogP contribution in [0.1, 0.15) is 44.2 Å². The van der Waals surface area contributed by atoms with Gasteiger partial charge in [-0.1, -0.05) is 12.8 Å². The van der Waals surface area contributed by atoms with Gasteiger partial charge in [0.25, 0.3) is 0 Å². The highest BCUT2D eigenvalue weighted by molar-refractivity contribution is 5.76.